The highest BCUT2D eigenvalue weighted by Gasteiger charge is 2.51. The first-order chi connectivity index (χ1) is 12.4. The van der Waals surface area contributed by atoms with Crippen LogP contribution in [0, 0.1) is 6.92 Å². The highest BCUT2D eigenvalue weighted by Crippen LogP contribution is 2.49. The minimum absolute atomic E-state index is 0.0471. The standard InChI is InChI=1S/C20H22N2O4/c1-13-4-3-5-14(10-13)20(8-9-20)19(24)22-15-6-7-16(25-2)17(11-15)26-12-18(21)23/h3-7,10-11H,8-9,12H2,1-2H3,(H2,21,23)(H,22,24). The van der Waals surface area contributed by atoms with Gasteiger partial charge in [0.15, 0.2) is 18.1 Å². The highest BCUT2D eigenvalue weighted by molar-refractivity contribution is 6.01. The Morgan fingerprint density at radius 1 is 1.15 bits per heavy atom. The van der Waals surface area contributed by atoms with Gasteiger partial charge in [0, 0.05) is 11.8 Å². The minimum atomic E-state index is -0.585. The Labute approximate surface area is 152 Å². The van der Waals surface area contributed by atoms with Gasteiger partial charge in [0.2, 0.25) is 5.91 Å². The maximum atomic E-state index is 12.9. The van der Waals surface area contributed by atoms with E-state index in [2.05, 4.69) is 11.4 Å². The number of ether oxygens (including phenoxy) is 2. The second-order valence-electron chi connectivity index (χ2n) is 6.53. The number of hydrogen-bond acceptors (Lipinski definition) is 4. The number of hydrogen-bond donors (Lipinski definition) is 2. The zero-order chi connectivity index (χ0) is 18.7. The van der Waals surface area contributed by atoms with Crippen molar-refractivity contribution in [1.29, 1.82) is 0 Å². The molecule has 0 spiro atoms. The molecular weight excluding hydrogens is 332 g/mol. The maximum Gasteiger partial charge on any atom is 0.255 e. The molecule has 6 nitrogen and oxygen atoms in total. The van der Waals surface area contributed by atoms with Crippen LogP contribution in [0.5, 0.6) is 11.5 Å². The number of primary amides is 1. The molecule has 6 heteroatoms. The average Bonchev–Trinajstić information content (AvgIpc) is 3.42. The molecule has 0 radical (unpaired) electrons. The van der Waals surface area contributed by atoms with Gasteiger partial charge >= 0.3 is 0 Å². The van der Waals surface area contributed by atoms with Gasteiger partial charge < -0.3 is 20.5 Å². The fourth-order valence-corrected chi connectivity index (χ4v) is 2.98. The molecule has 0 atom stereocenters. The number of carbonyl (C=O) groups is 2. The number of carbonyl (C=O) groups excluding carboxylic acids is 2. The summed E-state index contributed by atoms with van der Waals surface area (Å²) in [5, 5.41) is 2.95. The van der Waals surface area contributed by atoms with Gasteiger partial charge in [0.1, 0.15) is 0 Å². The first kappa shape index (κ1) is 17.8. The molecule has 1 aliphatic carbocycles. The van der Waals surface area contributed by atoms with Crippen molar-refractivity contribution in [1.82, 2.24) is 0 Å². The molecule has 2 aromatic carbocycles. The molecule has 0 aromatic heterocycles. The Morgan fingerprint density at radius 2 is 1.92 bits per heavy atom. The Hall–Kier alpha value is -3.02. The van der Waals surface area contributed by atoms with Crippen molar-refractivity contribution in [3.8, 4) is 11.5 Å². The summed E-state index contributed by atoms with van der Waals surface area (Å²) in [4.78, 5) is 23.8. The van der Waals surface area contributed by atoms with E-state index in [-0.39, 0.29) is 12.5 Å². The summed E-state index contributed by atoms with van der Waals surface area (Å²) in [6.07, 6.45) is 1.65. The third kappa shape index (κ3) is 3.64. The average molecular weight is 354 g/mol. The second kappa shape index (κ2) is 7.07. The summed E-state index contributed by atoms with van der Waals surface area (Å²) in [5.41, 5.74) is 7.39. The topological polar surface area (TPSA) is 90.7 Å². The Morgan fingerprint density at radius 3 is 2.54 bits per heavy atom. The fourth-order valence-electron chi connectivity index (χ4n) is 2.98. The van der Waals surface area contributed by atoms with E-state index in [0.717, 1.165) is 24.0 Å². The second-order valence-corrected chi connectivity index (χ2v) is 6.53. The van der Waals surface area contributed by atoms with Crippen LogP contribution >= 0.6 is 0 Å². The van der Waals surface area contributed by atoms with Crippen LogP contribution in [0.25, 0.3) is 0 Å². The number of nitrogens with one attached hydrogen (secondary N) is 1. The fraction of sp³-hybridized carbons (Fsp3) is 0.300. The van der Waals surface area contributed by atoms with Gasteiger partial charge in [-0.3, -0.25) is 9.59 Å². The molecule has 3 N–H and O–H groups in total. The molecular formula is C20H22N2O4. The van der Waals surface area contributed by atoms with Crippen LogP contribution in [0.4, 0.5) is 5.69 Å². The predicted molar refractivity (Wildman–Crippen MR) is 98.4 cm³/mol. The van der Waals surface area contributed by atoms with Gasteiger partial charge in [-0.1, -0.05) is 29.8 Å². The number of amides is 2. The lowest BCUT2D eigenvalue weighted by Crippen LogP contribution is -2.28. The van der Waals surface area contributed by atoms with Crippen LogP contribution in [0.2, 0.25) is 0 Å². The van der Waals surface area contributed by atoms with Crippen LogP contribution in [0.3, 0.4) is 0 Å². The molecule has 3 rings (SSSR count). The summed E-state index contributed by atoms with van der Waals surface area (Å²) in [6, 6.07) is 13.1. The predicted octanol–water partition coefficient (Wildman–Crippen LogP) is 2.54. The third-order valence-corrected chi connectivity index (χ3v) is 4.55. The van der Waals surface area contributed by atoms with Crippen LogP contribution < -0.4 is 20.5 Å². The molecule has 2 amide bonds. The lowest BCUT2D eigenvalue weighted by atomic mass is 9.93. The molecule has 0 aliphatic heterocycles. The molecule has 0 unspecified atom stereocenters. The summed E-state index contributed by atoms with van der Waals surface area (Å²) < 4.78 is 10.6. The Bertz CT molecular complexity index is 843. The molecule has 1 aliphatic rings. The van der Waals surface area contributed by atoms with Gasteiger partial charge in [-0.05, 0) is 37.5 Å². The summed E-state index contributed by atoms with van der Waals surface area (Å²) in [7, 11) is 1.50. The SMILES string of the molecule is COc1ccc(NC(=O)C2(c3cccc(C)c3)CC2)cc1OCC(N)=O. The van der Waals surface area contributed by atoms with Gasteiger partial charge in [-0.2, -0.15) is 0 Å². The van der Waals surface area contributed by atoms with Crippen molar-refractivity contribution in [2.45, 2.75) is 25.2 Å². The van der Waals surface area contributed by atoms with E-state index < -0.39 is 11.3 Å². The van der Waals surface area contributed by atoms with Crippen molar-refractivity contribution < 1.29 is 19.1 Å². The van der Waals surface area contributed by atoms with E-state index in [1.165, 1.54) is 7.11 Å². The normalized spacial score (nSPS) is 14.4. The third-order valence-electron chi connectivity index (χ3n) is 4.55. The molecule has 1 saturated carbocycles. The number of benzene rings is 2. The summed E-state index contributed by atoms with van der Waals surface area (Å²) in [5.74, 6) is 0.181. The van der Waals surface area contributed by atoms with E-state index in [1.807, 2.05) is 25.1 Å². The zero-order valence-corrected chi connectivity index (χ0v) is 14.9. The summed E-state index contributed by atoms with van der Waals surface area (Å²) in [6.45, 7) is 1.75. The van der Waals surface area contributed by atoms with E-state index >= 15 is 0 Å². The Balaban J connectivity index is 1.79. The molecule has 0 saturated heterocycles. The number of aryl methyl sites for hydroxylation is 1. The summed E-state index contributed by atoms with van der Waals surface area (Å²) >= 11 is 0. The molecule has 2 aromatic rings. The molecule has 136 valence electrons. The van der Waals surface area contributed by atoms with Crippen molar-refractivity contribution in [2.24, 2.45) is 5.73 Å². The lowest BCUT2D eigenvalue weighted by Gasteiger charge is -2.17. The quantitative estimate of drug-likeness (QED) is 0.799. The van der Waals surface area contributed by atoms with Crippen LogP contribution in [0.15, 0.2) is 42.5 Å². The van der Waals surface area contributed by atoms with Crippen molar-refractivity contribution in [2.75, 3.05) is 19.0 Å². The monoisotopic (exact) mass is 354 g/mol. The molecule has 0 bridgehead atoms. The highest BCUT2D eigenvalue weighted by atomic mass is 16.5. The van der Waals surface area contributed by atoms with Crippen LogP contribution in [-0.2, 0) is 15.0 Å². The zero-order valence-electron chi connectivity index (χ0n) is 14.9. The largest absolute Gasteiger partial charge is 0.493 e. The van der Waals surface area contributed by atoms with E-state index in [4.69, 9.17) is 15.2 Å². The number of nitrogens with two attached hydrogens (primary N) is 1. The smallest absolute Gasteiger partial charge is 0.255 e. The first-order valence-electron chi connectivity index (χ1n) is 8.42. The van der Waals surface area contributed by atoms with Gasteiger partial charge in [-0.25, -0.2) is 0 Å². The maximum absolute atomic E-state index is 12.9. The van der Waals surface area contributed by atoms with Crippen molar-refractivity contribution in [3.63, 3.8) is 0 Å². The van der Waals surface area contributed by atoms with Crippen LogP contribution in [-0.4, -0.2) is 25.5 Å². The molecule has 0 heterocycles. The minimum Gasteiger partial charge on any atom is -0.493 e. The van der Waals surface area contributed by atoms with Crippen molar-refractivity contribution >= 4 is 17.5 Å². The van der Waals surface area contributed by atoms with Gasteiger partial charge in [0.25, 0.3) is 5.91 Å². The Kier molecular flexibility index (Phi) is 4.84. The number of rotatable bonds is 7. The number of methoxy groups -OCH3 is 1. The molecule has 1 fully saturated rings. The van der Waals surface area contributed by atoms with E-state index in [9.17, 15) is 9.59 Å². The lowest BCUT2D eigenvalue weighted by molar-refractivity contribution is -0.120. The van der Waals surface area contributed by atoms with Gasteiger partial charge in [0.05, 0.1) is 12.5 Å². The van der Waals surface area contributed by atoms with E-state index in [0.29, 0.717) is 17.2 Å². The van der Waals surface area contributed by atoms with Gasteiger partial charge in [-0.15, -0.1) is 0 Å². The molecule has 26 heavy (non-hydrogen) atoms. The van der Waals surface area contributed by atoms with E-state index in [1.54, 1.807) is 18.2 Å². The van der Waals surface area contributed by atoms with Crippen LogP contribution in [0.1, 0.15) is 24.0 Å². The number of anilines is 1. The first-order valence-corrected chi connectivity index (χ1v) is 8.42. The van der Waals surface area contributed by atoms with Crippen molar-refractivity contribution in [3.05, 3.63) is 53.6 Å².